The highest BCUT2D eigenvalue weighted by molar-refractivity contribution is 5.27. The average Bonchev–Trinajstić information content (AvgIpc) is 2.52. The summed E-state index contributed by atoms with van der Waals surface area (Å²) in [5, 5.41) is 3.56. The highest BCUT2D eigenvalue weighted by Crippen LogP contribution is 2.36. The minimum Gasteiger partial charge on any atom is -0.497 e. The molecule has 21 heavy (non-hydrogen) atoms. The van der Waals surface area contributed by atoms with Gasteiger partial charge in [0, 0.05) is 0 Å². The molecule has 1 saturated carbocycles. The lowest BCUT2D eigenvalue weighted by Crippen LogP contribution is -2.32. The van der Waals surface area contributed by atoms with Crippen LogP contribution >= 0.6 is 0 Å². The molecular formula is C19H31NO. The first kappa shape index (κ1) is 16.4. The second kappa shape index (κ2) is 8.43. The molecule has 1 aliphatic rings. The number of aryl methyl sites for hydroxylation is 1. The minimum atomic E-state index is 0.874. The maximum absolute atomic E-state index is 5.23. The molecule has 3 atom stereocenters. The van der Waals surface area contributed by atoms with Crippen LogP contribution in [0.15, 0.2) is 24.3 Å². The van der Waals surface area contributed by atoms with E-state index in [1.807, 2.05) is 0 Å². The van der Waals surface area contributed by atoms with Gasteiger partial charge in [-0.25, -0.2) is 0 Å². The predicted octanol–water partition coefficient (Wildman–Crippen LogP) is 4.29. The summed E-state index contributed by atoms with van der Waals surface area (Å²) in [6.07, 6.45) is 6.75. The molecule has 0 spiro atoms. The Bertz CT molecular complexity index is 399. The van der Waals surface area contributed by atoms with Crippen LogP contribution in [-0.4, -0.2) is 20.2 Å². The lowest BCUT2D eigenvalue weighted by Gasteiger charge is -2.35. The molecule has 2 nitrogen and oxygen atoms in total. The van der Waals surface area contributed by atoms with Gasteiger partial charge in [-0.1, -0.05) is 32.4 Å². The summed E-state index contributed by atoms with van der Waals surface area (Å²) in [5.41, 5.74) is 1.44. The first-order valence-corrected chi connectivity index (χ1v) is 8.56. The number of benzene rings is 1. The molecule has 0 amide bonds. The third-order valence-electron chi connectivity index (χ3n) is 5.02. The second-order valence-corrected chi connectivity index (χ2v) is 6.63. The van der Waals surface area contributed by atoms with Gasteiger partial charge in [0.05, 0.1) is 7.11 Å². The Morgan fingerprint density at radius 1 is 1.14 bits per heavy atom. The quantitative estimate of drug-likeness (QED) is 0.808. The van der Waals surface area contributed by atoms with Crippen LogP contribution in [0.4, 0.5) is 0 Å². The van der Waals surface area contributed by atoms with Crippen molar-refractivity contribution < 1.29 is 4.74 Å². The monoisotopic (exact) mass is 289 g/mol. The molecule has 0 saturated heterocycles. The van der Waals surface area contributed by atoms with E-state index >= 15 is 0 Å². The van der Waals surface area contributed by atoms with E-state index in [1.54, 1.807) is 7.11 Å². The fourth-order valence-corrected chi connectivity index (χ4v) is 3.66. The van der Waals surface area contributed by atoms with E-state index in [2.05, 4.69) is 43.4 Å². The van der Waals surface area contributed by atoms with Crippen LogP contribution in [-0.2, 0) is 6.42 Å². The van der Waals surface area contributed by atoms with Crippen molar-refractivity contribution in [2.75, 3.05) is 20.2 Å². The molecule has 1 aromatic carbocycles. The Labute approximate surface area is 130 Å². The molecule has 3 unspecified atom stereocenters. The maximum Gasteiger partial charge on any atom is 0.118 e. The number of hydrogen-bond donors (Lipinski definition) is 1. The Hall–Kier alpha value is -1.02. The SMILES string of the molecule is CCNCC1CCC(C)CC1CCc1ccc(OC)cc1. The number of ether oxygens (including phenoxy) is 1. The van der Waals surface area contributed by atoms with Gasteiger partial charge >= 0.3 is 0 Å². The molecule has 2 rings (SSSR count). The van der Waals surface area contributed by atoms with Gasteiger partial charge in [0.15, 0.2) is 0 Å². The van der Waals surface area contributed by atoms with Crippen LogP contribution in [0.3, 0.4) is 0 Å². The fourth-order valence-electron chi connectivity index (χ4n) is 3.66. The summed E-state index contributed by atoms with van der Waals surface area (Å²) in [5.74, 6) is 3.62. The Kier molecular flexibility index (Phi) is 6.56. The largest absolute Gasteiger partial charge is 0.497 e. The number of methoxy groups -OCH3 is 1. The van der Waals surface area contributed by atoms with Crippen molar-refractivity contribution in [3.05, 3.63) is 29.8 Å². The number of nitrogens with one attached hydrogen (secondary N) is 1. The van der Waals surface area contributed by atoms with Crippen LogP contribution in [0.25, 0.3) is 0 Å². The van der Waals surface area contributed by atoms with E-state index in [9.17, 15) is 0 Å². The summed E-state index contributed by atoms with van der Waals surface area (Å²) < 4.78 is 5.23. The zero-order chi connectivity index (χ0) is 15.1. The smallest absolute Gasteiger partial charge is 0.118 e. The van der Waals surface area contributed by atoms with Crippen LogP contribution in [0.1, 0.15) is 45.1 Å². The standard InChI is InChI=1S/C19H31NO/c1-4-20-14-18-9-5-15(2)13-17(18)10-6-16-7-11-19(21-3)12-8-16/h7-8,11-12,15,17-18,20H,4-6,9-10,13-14H2,1-3H3. The first-order valence-electron chi connectivity index (χ1n) is 8.56. The van der Waals surface area contributed by atoms with Crippen molar-refractivity contribution in [2.24, 2.45) is 17.8 Å². The summed E-state index contributed by atoms with van der Waals surface area (Å²) in [4.78, 5) is 0. The van der Waals surface area contributed by atoms with Crippen LogP contribution < -0.4 is 10.1 Å². The molecule has 0 aliphatic heterocycles. The number of hydrogen-bond acceptors (Lipinski definition) is 2. The molecular weight excluding hydrogens is 258 g/mol. The van der Waals surface area contributed by atoms with E-state index in [4.69, 9.17) is 4.74 Å². The molecule has 1 aliphatic carbocycles. The fraction of sp³-hybridized carbons (Fsp3) is 0.684. The van der Waals surface area contributed by atoms with Crippen molar-refractivity contribution in [3.8, 4) is 5.75 Å². The van der Waals surface area contributed by atoms with E-state index in [-0.39, 0.29) is 0 Å². The van der Waals surface area contributed by atoms with Gasteiger partial charge in [-0.15, -0.1) is 0 Å². The summed E-state index contributed by atoms with van der Waals surface area (Å²) in [7, 11) is 1.73. The molecule has 1 N–H and O–H groups in total. The molecule has 0 aromatic heterocycles. The van der Waals surface area contributed by atoms with Crippen molar-refractivity contribution in [3.63, 3.8) is 0 Å². The zero-order valence-electron chi connectivity index (χ0n) is 13.9. The highest BCUT2D eigenvalue weighted by atomic mass is 16.5. The van der Waals surface area contributed by atoms with Crippen LogP contribution in [0.2, 0.25) is 0 Å². The van der Waals surface area contributed by atoms with Crippen LogP contribution in [0.5, 0.6) is 5.75 Å². The van der Waals surface area contributed by atoms with Crippen molar-refractivity contribution in [1.82, 2.24) is 5.32 Å². The van der Waals surface area contributed by atoms with Gasteiger partial charge in [-0.05, 0) is 74.2 Å². The predicted molar refractivity (Wildman–Crippen MR) is 89.9 cm³/mol. The molecule has 0 bridgehead atoms. The Morgan fingerprint density at radius 2 is 1.90 bits per heavy atom. The van der Waals surface area contributed by atoms with Gasteiger partial charge < -0.3 is 10.1 Å². The topological polar surface area (TPSA) is 21.3 Å². The van der Waals surface area contributed by atoms with E-state index < -0.39 is 0 Å². The zero-order valence-corrected chi connectivity index (χ0v) is 13.9. The summed E-state index contributed by atoms with van der Waals surface area (Å²) in [6.45, 7) is 6.93. The maximum atomic E-state index is 5.23. The van der Waals surface area contributed by atoms with Crippen molar-refractivity contribution in [2.45, 2.75) is 46.0 Å². The molecule has 0 heterocycles. The summed E-state index contributed by atoms with van der Waals surface area (Å²) in [6, 6.07) is 8.58. The normalized spacial score (nSPS) is 25.8. The molecule has 2 heteroatoms. The molecule has 0 radical (unpaired) electrons. The van der Waals surface area contributed by atoms with E-state index in [0.717, 1.165) is 30.0 Å². The lowest BCUT2D eigenvalue weighted by atomic mass is 9.72. The van der Waals surface area contributed by atoms with Crippen molar-refractivity contribution in [1.29, 1.82) is 0 Å². The van der Waals surface area contributed by atoms with Gasteiger partial charge in [0.2, 0.25) is 0 Å². The highest BCUT2D eigenvalue weighted by Gasteiger charge is 2.27. The lowest BCUT2D eigenvalue weighted by molar-refractivity contribution is 0.175. The van der Waals surface area contributed by atoms with Gasteiger partial charge in [-0.2, -0.15) is 0 Å². The average molecular weight is 289 g/mol. The summed E-state index contributed by atoms with van der Waals surface area (Å²) >= 11 is 0. The van der Waals surface area contributed by atoms with E-state index in [1.165, 1.54) is 44.2 Å². The third-order valence-corrected chi connectivity index (χ3v) is 5.02. The van der Waals surface area contributed by atoms with Gasteiger partial charge in [0.25, 0.3) is 0 Å². The number of rotatable bonds is 7. The molecule has 1 aromatic rings. The Morgan fingerprint density at radius 3 is 2.57 bits per heavy atom. The molecule has 118 valence electrons. The van der Waals surface area contributed by atoms with Crippen molar-refractivity contribution >= 4 is 0 Å². The third kappa shape index (κ3) is 5.03. The van der Waals surface area contributed by atoms with Crippen LogP contribution in [0, 0.1) is 17.8 Å². The Balaban J connectivity index is 1.87. The second-order valence-electron chi connectivity index (χ2n) is 6.63. The first-order chi connectivity index (χ1) is 10.2. The van der Waals surface area contributed by atoms with Gasteiger partial charge in [-0.3, -0.25) is 0 Å². The van der Waals surface area contributed by atoms with Gasteiger partial charge in [0.1, 0.15) is 5.75 Å². The van der Waals surface area contributed by atoms with E-state index in [0.29, 0.717) is 0 Å². The molecule has 1 fully saturated rings. The minimum absolute atomic E-state index is 0.874.